The van der Waals surface area contributed by atoms with E-state index in [-0.39, 0.29) is 49.8 Å². The summed E-state index contributed by atoms with van der Waals surface area (Å²) < 4.78 is 54.8. The van der Waals surface area contributed by atoms with E-state index in [1.54, 1.807) is 11.5 Å². The van der Waals surface area contributed by atoms with Crippen molar-refractivity contribution in [2.45, 2.75) is 44.8 Å². The molecule has 2 N–H and O–H groups in total. The van der Waals surface area contributed by atoms with Gasteiger partial charge >= 0.3 is 13.5 Å². The highest BCUT2D eigenvalue weighted by Crippen LogP contribution is 2.58. The zero-order valence-electron chi connectivity index (χ0n) is 20.7. The molecule has 0 aromatic carbocycles. The van der Waals surface area contributed by atoms with Gasteiger partial charge < -0.3 is 28.1 Å². The Hall–Kier alpha value is -2.14. The van der Waals surface area contributed by atoms with E-state index in [1.165, 1.54) is 23.4 Å². The molecule has 1 fully saturated rings. The van der Waals surface area contributed by atoms with Crippen LogP contribution in [0.25, 0.3) is 22.3 Å². The monoisotopic (exact) mass is 632 g/mol. The summed E-state index contributed by atoms with van der Waals surface area (Å²) in [6.07, 6.45) is 1.13. The minimum atomic E-state index is -4.19. The number of alkyl halides is 1. The Morgan fingerprint density at radius 1 is 1.25 bits per heavy atom. The predicted molar refractivity (Wildman–Crippen MR) is 145 cm³/mol. The van der Waals surface area contributed by atoms with E-state index in [0.29, 0.717) is 17.0 Å². The smallest absolute Gasteiger partial charge is 0.324 e. The maximum atomic E-state index is 15.9. The molecule has 15 nitrogen and oxygen atoms in total. The van der Waals surface area contributed by atoms with Crippen molar-refractivity contribution in [3.63, 3.8) is 0 Å². The van der Waals surface area contributed by atoms with E-state index >= 15 is 4.39 Å². The molecule has 5 heterocycles. The number of rotatable bonds is 1. The highest BCUT2D eigenvalue weighted by molar-refractivity contribution is 8.44. The molecule has 0 spiro atoms. The number of fused-ring (bicyclic) bond motifs is 6. The molecule has 0 radical (unpaired) electrons. The molecule has 40 heavy (non-hydrogen) atoms. The van der Waals surface area contributed by atoms with Crippen molar-refractivity contribution in [1.29, 1.82) is 0 Å². The molecule has 214 valence electrons. The van der Waals surface area contributed by atoms with Crippen LogP contribution in [0.1, 0.15) is 24.1 Å². The molecule has 4 aromatic rings. The Balaban J connectivity index is 1.38. The molecule has 1 saturated carbocycles. The van der Waals surface area contributed by atoms with Crippen LogP contribution >= 0.6 is 25.8 Å². The summed E-state index contributed by atoms with van der Waals surface area (Å²) in [5, 5.41) is 0. The van der Waals surface area contributed by atoms with Gasteiger partial charge in [0.2, 0.25) is 0 Å². The third kappa shape index (κ3) is 5.40. The summed E-state index contributed by atoms with van der Waals surface area (Å²) in [5.41, 5.74) is 0.661. The molecular weight excluding hydrogens is 609 g/mol. The number of hydrogen-bond donors (Lipinski definition) is 3. The number of thiol groups is 1. The van der Waals surface area contributed by atoms with Gasteiger partial charge in [-0.3, -0.25) is 13.8 Å². The number of H-pyrrole nitrogens is 1. The number of nitrogens with zero attached hydrogens (tertiary/aromatic N) is 7. The van der Waals surface area contributed by atoms with Gasteiger partial charge in [0.05, 0.1) is 31.8 Å². The highest BCUT2D eigenvalue weighted by Gasteiger charge is 2.49. The van der Waals surface area contributed by atoms with Gasteiger partial charge in [0, 0.05) is 12.5 Å². The number of aromatic amines is 1. The summed E-state index contributed by atoms with van der Waals surface area (Å²) in [6, 6.07) is -0.836. The SMILES string of the molecule is Cc1nc2c(ncn2[C@@H]2C[C@@H]3COP(O)(=S)OCCn4c(nc5cncnc54)COP(=O)(S)O[C@@H]2[C@@H]3F)c(=O)[nH]1. The van der Waals surface area contributed by atoms with Gasteiger partial charge in [0.15, 0.2) is 16.8 Å². The Morgan fingerprint density at radius 2 is 2.08 bits per heavy atom. The second-order valence-electron chi connectivity index (χ2n) is 9.30. The average molecular weight is 633 g/mol. The lowest BCUT2D eigenvalue weighted by atomic mass is 10.1. The number of nitrogens with one attached hydrogen (secondary N) is 1. The second-order valence-corrected chi connectivity index (χ2v) is 15.0. The largest absolute Gasteiger partial charge is 0.386 e. The molecule has 0 saturated heterocycles. The van der Waals surface area contributed by atoms with Crippen molar-refractivity contribution in [2.75, 3.05) is 13.2 Å². The molecule has 0 amide bonds. The lowest BCUT2D eigenvalue weighted by molar-refractivity contribution is 0.0569. The van der Waals surface area contributed by atoms with Gasteiger partial charge in [-0.15, -0.1) is 0 Å². The maximum Gasteiger partial charge on any atom is 0.386 e. The van der Waals surface area contributed by atoms with Crippen molar-refractivity contribution in [2.24, 2.45) is 5.92 Å². The molecule has 6 atom stereocenters. The van der Waals surface area contributed by atoms with Crippen molar-refractivity contribution >= 4 is 59.9 Å². The van der Waals surface area contributed by atoms with E-state index in [2.05, 4.69) is 42.2 Å². The standard InChI is InChI=1S/C20H23FN8O7P2S2/c1-10-25-19-16(20(30)26-10)24-9-29(19)13-4-11-6-34-37(31,39)33-3-2-28-14(27-12-5-22-8-23-18(12)28)7-35-38(32,40)36-17(13)15(11)21/h5,8-9,11,13,15,17H,2-4,6-7H2,1H3,(H,31,39)(H,32,40)(H,25,26,30)/t11-,13-,15-,17+,37?,38?/m1/s1. The summed E-state index contributed by atoms with van der Waals surface area (Å²) >= 11 is 9.27. The lowest BCUT2D eigenvalue weighted by Gasteiger charge is -2.25. The van der Waals surface area contributed by atoms with Gasteiger partial charge in [-0.1, -0.05) is 12.2 Å². The normalized spacial score (nSPS) is 32.1. The second kappa shape index (κ2) is 10.6. The topological polar surface area (TPSA) is 181 Å². The Bertz CT molecular complexity index is 1750. The molecule has 4 aromatic heterocycles. The third-order valence-corrected chi connectivity index (χ3v) is 9.93. The zero-order chi connectivity index (χ0) is 28.2. The molecular formula is C20H23FN8O7P2S2. The van der Waals surface area contributed by atoms with Crippen molar-refractivity contribution in [1.82, 2.24) is 39.0 Å². The number of imidazole rings is 2. The van der Waals surface area contributed by atoms with E-state index in [1.807, 2.05) is 0 Å². The fourth-order valence-corrected chi connectivity index (χ4v) is 7.54. The van der Waals surface area contributed by atoms with Gasteiger partial charge in [0.25, 0.3) is 5.56 Å². The highest BCUT2D eigenvalue weighted by atomic mass is 32.7. The fraction of sp³-hybridized carbons (Fsp3) is 0.500. The number of aromatic nitrogens is 8. The zero-order valence-corrected chi connectivity index (χ0v) is 24.2. The number of aryl methyl sites for hydroxylation is 1. The molecule has 2 unspecified atom stereocenters. The minimum absolute atomic E-state index is 0.0492. The van der Waals surface area contributed by atoms with E-state index in [9.17, 15) is 14.3 Å². The van der Waals surface area contributed by atoms with Gasteiger partial charge in [0.1, 0.15) is 42.4 Å². The first-order chi connectivity index (χ1) is 19.0. The molecule has 2 aliphatic rings. The first kappa shape index (κ1) is 28.0. The van der Waals surface area contributed by atoms with Crippen molar-refractivity contribution in [3.8, 4) is 0 Å². The Labute approximate surface area is 235 Å². The predicted octanol–water partition coefficient (Wildman–Crippen LogP) is 2.37. The van der Waals surface area contributed by atoms with E-state index in [0.717, 1.165) is 0 Å². The Kier molecular flexibility index (Phi) is 7.42. The first-order valence-electron chi connectivity index (χ1n) is 12.0. The van der Waals surface area contributed by atoms with Crippen LogP contribution in [-0.2, 0) is 47.6 Å². The van der Waals surface area contributed by atoms with Crippen LogP contribution in [0.15, 0.2) is 23.6 Å². The summed E-state index contributed by atoms with van der Waals surface area (Å²) in [4.78, 5) is 46.7. The van der Waals surface area contributed by atoms with Crippen LogP contribution in [0.4, 0.5) is 4.39 Å². The van der Waals surface area contributed by atoms with Crippen molar-refractivity contribution in [3.05, 3.63) is 40.9 Å². The van der Waals surface area contributed by atoms with Crippen molar-refractivity contribution < 1.29 is 31.9 Å². The molecule has 1 aliphatic heterocycles. The third-order valence-electron chi connectivity index (χ3n) is 6.72. The number of hydrogen-bond acceptors (Lipinski definition) is 12. The maximum absolute atomic E-state index is 15.9. The summed E-state index contributed by atoms with van der Waals surface area (Å²) in [5.74, 6) is -0.242. The number of halogens is 1. The van der Waals surface area contributed by atoms with Gasteiger partial charge in [-0.05, 0) is 25.2 Å². The van der Waals surface area contributed by atoms with Crippen LogP contribution in [0.2, 0.25) is 0 Å². The molecule has 2 bridgehead atoms. The minimum Gasteiger partial charge on any atom is -0.324 e. The summed E-state index contributed by atoms with van der Waals surface area (Å²) in [6.45, 7) is -6.93. The van der Waals surface area contributed by atoms with E-state index in [4.69, 9.17) is 29.9 Å². The van der Waals surface area contributed by atoms with Crippen LogP contribution in [-0.4, -0.2) is 69.4 Å². The Morgan fingerprint density at radius 3 is 2.90 bits per heavy atom. The van der Waals surface area contributed by atoms with Crippen LogP contribution in [0, 0.1) is 12.8 Å². The average Bonchev–Trinajstić information content (AvgIpc) is 3.55. The van der Waals surface area contributed by atoms with Crippen LogP contribution in [0.5, 0.6) is 0 Å². The van der Waals surface area contributed by atoms with Crippen LogP contribution < -0.4 is 5.56 Å². The molecule has 6 rings (SSSR count). The molecule has 20 heteroatoms. The molecule has 1 aliphatic carbocycles. The quantitative estimate of drug-likeness (QED) is 0.206. The summed E-state index contributed by atoms with van der Waals surface area (Å²) in [7, 11) is 0. The lowest BCUT2D eigenvalue weighted by Crippen LogP contribution is -2.30. The van der Waals surface area contributed by atoms with Gasteiger partial charge in [-0.25, -0.2) is 33.9 Å². The van der Waals surface area contributed by atoms with Crippen LogP contribution in [0.3, 0.4) is 0 Å². The first-order valence-corrected chi connectivity index (χ1v) is 17.3. The van der Waals surface area contributed by atoms with E-state index < -0.39 is 43.3 Å². The fourth-order valence-electron chi connectivity index (χ4n) is 4.96. The van der Waals surface area contributed by atoms with Gasteiger partial charge in [-0.2, -0.15) is 0 Å².